The van der Waals surface area contributed by atoms with Crippen LogP contribution >= 0.6 is 12.2 Å². The van der Waals surface area contributed by atoms with Gasteiger partial charge in [-0.2, -0.15) is 0 Å². The van der Waals surface area contributed by atoms with Crippen molar-refractivity contribution in [3.63, 3.8) is 0 Å². The van der Waals surface area contributed by atoms with Crippen LogP contribution in [0.3, 0.4) is 0 Å². The molecule has 0 atom stereocenters. The van der Waals surface area contributed by atoms with Gasteiger partial charge in [-0.1, -0.05) is 24.4 Å². The topological polar surface area (TPSA) is 85.1 Å². The van der Waals surface area contributed by atoms with Crippen molar-refractivity contribution in [3.8, 4) is 0 Å². The van der Waals surface area contributed by atoms with Gasteiger partial charge in [-0.3, -0.25) is 4.98 Å². The SMILES string of the molecule is NC(=S)c1ccc(S(=O)(=O)NCc2ccc(F)cc2)cn1. The normalized spacial score (nSPS) is 11.3. The molecule has 0 amide bonds. The molecule has 0 saturated carbocycles. The molecule has 0 saturated heterocycles. The number of hydrogen-bond donors (Lipinski definition) is 2. The minimum absolute atomic E-state index is 0.00427. The van der Waals surface area contributed by atoms with Crippen molar-refractivity contribution in [2.45, 2.75) is 11.4 Å². The minimum atomic E-state index is -3.70. The first-order chi connectivity index (χ1) is 9.88. The predicted molar refractivity (Wildman–Crippen MR) is 80.5 cm³/mol. The second kappa shape index (κ2) is 6.25. The van der Waals surface area contributed by atoms with Crippen LogP contribution < -0.4 is 10.5 Å². The zero-order chi connectivity index (χ0) is 15.5. The van der Waals surface area contributed by atoms with Crippen molar-refractivity contribution in [1.29, 1.82) is 0 Å². The van der Waals surface area contributed by atoms with Crippen LogP contribution in [0.15, 0.2) is 47.5 Å². The molecule has 8 heteroatoms. The van der Waals surface area contributed by atoms with Crippen LogP contribution in [0.2, 0.25) is 0 Å². The lowest BCUT2D eigenvalue weighted by atomic mass is 10.2. The quantitative estimate of drug-likeness (QED) is 0.810. The van der Waals surface area contributed by atoms with Crippen LogP contribution in [0.1, 0.15) is 11.3 Å². The highest BCUT2D eigenvalue weighted by atomic mass is 32.2. The first-order valence-corrected chi connectivity index (χ1v) is 7.77. The highest BCUT2D eigenvalue weighted by Gasteiger charge is 2.14. The van der Waals surface area contributed by atoms with Crippen molar-refractivity contribution in [1.82, 2.24) is 9.71 Å². The first kappa shape index (κ1) is 15.5. The number of benzene rings is 1. The van der Waals surface area contributed by atoms with E-state index in [9.17, 15) is 12.8 Å². The summed E-state index contributed by atoms with van der Waals surface area (Å²) in [6.45, 7) is 0.0552. The fourth-order valence-electron chi connectivity index (χ4n) is 1.55. The number of nitrogens with two attached hydrogens (primary N) is 1. The fourth-order valence-corrected chi connectivity index (χ4v) is 2.63. The maximum Gasteiger partial charge on any atom is 0.242 e. The molecule has 0 aliphatic heterocycles. The Kier molecular flexibility index (Phi) is 4.61. The van der Waals surface area contributed by atoms with Gasteiger partial charge in [0.2, 0.25) is 10.0 Å². The molecule has 0 aliphatic carbocycles. The third-order valence-corrected chi connectivity index (χ3v) is 4.27. The third kappa shape index (κ3) is 4.03. The maximum atomic E-state index is 12.8. The molecule has 21 heavy (non-hydrogen) atoms. The average molecular weight is 325 g/mol. The molecule has 5 nitrogen and oxygen atoms in total. The van der Waals surface area contributed by atoms with Gasteiger partial charge in [-0.25, -0.2) is 17.5 Å². The van der Waals surface area contributed by atoms with Gasteiger partial charge in [0, 0.05) is 12.7 Å². The monoisotopic (exact) mass is 325 g/mol. The highest BCUT2D eigenvalue weighted by molar-refractivity contribution is 7.89. The molecule has 0 spiro atoms. The van der Waals surface area contributed by atoms with Crippen molar-refractivity contribution in [2.75, 3.05) is 0 Å². The zero-order valence-electron chi connectivity index (χ0n) is 10.8. The molecule has 0 fully saturated rings. The Hall–Kier alpha value is -1.90. The van der Waals surface area contributed by atoms with E-state index < -0.39 is 10.0 Å². The Bertz CT molecular complexity index is 744. The largest absolute Gasteiger partial charge is 0.388 e. The maximum absolute atomic E-state index is 12.8. The number of aromatic nitrogens is 1. The molecule has 0 aliphatic rings. The molecule has 2 aromatic rings. The fraction of sp³-hybridized carbons (Fsp3) is 0.0769. The molecule has 1 aromatic carbocycles. The average Bonchev–Trinajstić information content (AvgIpc) is 2.47. The van der Waals surface area contributed by atoms with Crippen molar-refractivity contribution < 1.29 is 12.8 Å². The smallest absolute Gasteiger partial charge is 0.242 e. The molecule has 0 radical (unpaired) electrons. The summed E-state index contributed by atoms with van der Waals surface area (Å²) in [6, 6.07) is 8.35. The Morgan fingerprint density at radius 2 is 1.90 bits per heavy atom. The van der Waals surface area contributed by atoms with Crippen LogP contribution in [-0.4, -0.2) is 18.4 Å². The van der Waals surface area contributed by atoms with Crippen LogP contribution in [0.25, 0.3) is 0 Å². The highest BCUT2D eigenvalue weighted by Crippen LogP contribution is 2.09. The lowest BCUT2D eigenvalue weighted by Gasteiger charge is -2.07. The van der Waals surface area contributed by atoms with E-state index in [1.54, 1.807) is 0 Å². The molecule has 3 N–H and O–H groups in total. The van der Waals surface area contributed by atoms with Crippen molar-refractivity contribution in [2.24, 2.45) is 5.73 Å². The summed E-state index contributed by atoms with van der Waals surface area (Å²) >= 11 is 4.74. The molecule has 0 unspecified atom stereocenters. The van der Waals surface area contributed by atoms with E-state index in [1.165, 1.54) is 42.6 Å². The van der Waals surface area contributed by atoms with Gasteiger partial charge in [-0.05, 0) is 29.8 Å². The van der Waals surface area contributed by atoms with E-state index in [2.05, 4.69) is 9.71 Å². The van der Waals surface area contributed by atoms with Crippen molar-refractivity contribution in [3.05, 3.63) is 59.7 Å². The summed E-state index contributed by atoms with van der Waals surface area (Å²) in [5.74, 6) is -0.376. The van der Waals surface area contributed by atoms with Crippen LogP contribution in [0, 0.1) is 5.82 Å². The van der Waals surface area contributed by atoms with Crippen LogP contribution in [-0.2, 0) is 16.6 Å². The lowest BCUT2D eigenvalue weighted by Crippen LogP contribution is -2.23. The molecular weight excluding hydrogens is 313 g/mol. The number of pyridine rings is 1. The molecule has 0 bridgehead atoms. The van der Waals surface area contributed by atoms with Gasteiger partial charge in [0.25, 0.3) is 0 Å². The number of nitrogens with one attached hydrogen (secondary N) is 1. The minimum Gasteiger partial charge on any atom is -0.388 e. The van der Waals surface area contributed by atoms with Gasteiger partial charge >= 0.3 is 0 Å². The second-order valence-electron chi connectivity index (χ2n) is 4.19. The summed E-state index contributed by atoms with van der Waals surface area (Å²) in [7, 11) is -3.70. The summed E-state index contributed by atoms with van der Waals surface area (Å²) in [6.07, 6.45) is 1.18. The summed E-state index contributed by atoms with van der Waals surface area (Å²) < 4.78 is 39.3. The first-order valence-electron chi connectivity index (χ1n) is 5.88. The van der Waals surface area contributed by atoms with Gasteiger partial charge in [0.1, 0.15) is 15.7 Å². The zero-order valence-corrected chi connectivity index (χ0v) is 12.4. The Labute approximate surface area is 127 Å². The van der Waals surface area contributed by atoms with E-state index in [4.69, 9.17) is 18.0 Å². The lowest BCUT2D eigenvalue weighted by molar-refractivity contribution is 0.580. The number of rotatable bonds is 5. The number of nitrogens with zero attached hydrogens (tertiary/aromatic N) is 1. The Morgan fingerprint density at radius 3 is 2.43 bits per heavy atom. The second-order valence-corrected chi connectivity index (χ2v) is 6.40. The molecule has 1 heterocycles. The van der Waals surface area contributed by atoms with E-state index >= 15 is 0 Å². The van der Waals surface area contributed by atoms with Gasteiger partial charge in [0.05, 0.1) is 5.69 Å². The predicted octanol–water partition coefficient (Wildman–Crippen LogP) is 1.33. The number of halogens is 1. The number of thiocarbonyl (C=S) groups is 1. The summed E-state index contributed by atoms with van der Waals surface area (Å²) in [4.78, 5) is 3.98. The molecule has 110 valence electrons. The van der Waals surface area contributed by atoms with Crippen molar-refractivity contribution >= 4 is 27.2 Å². The Morgan fingerprint density at radius 1 is 1.24 bits per heavy atom. The Balaban J connectivity index is 2.11. The van der Waals surface area contributed by atoms with E-state index in [0.717, 1.165) is 0 Å². The third-order valence-electron chi connectivity index (χ3n) is 2.68. The molecule has 1 aromatic heterocycles. The van der Waals surface area contributed by atoms with Crippen LogP contribution in [0.4, 0.5) is 4.39 Å². The van der Waals surface area contributed by atoms with E-state index in [0.29, 0.717) is 11.3 Å². The van der Waals surface area contributed by atoms with Gasteiger partial charge in [-0.15, -0.1) is 0 Å². The van der Waals surface area contributed by atoms with Gasteiger partial charge in [0.15, 0.2) is 0 Å². The van der Waals surface area contributed by atoms with Crippen LogP contribution in [0.5, 0.6) is 0 Å². The standard InChI is InChI=1S/C13H12FN3O2S2/c14-10-3-1-9(2-4-10)7-17-21(18,19)11-5-6-12(13(15)20)16-8-11/h1-6,8,17H,7H2,(H2,15,20). The van der Waals surface area contributed by atoms with E-state index in [-0.39, 0.29) is 22.2 Å². The van der Waals surface area contributed by atoms with E-state index in [1.807, 2.05) is 0 Å². The number of hydrogen-bond acceptors (Lipinski definition) is 4. The van der Waals surface area contributed by atoms with Gasteiger partial charge < -0.3 is 5.73 Å². The summed E-state index contributed by atoms with van der Waals surface area (Å²) in [5.41, 5.74) is 6.39. The molecule has 2 rings (SSSR count). The summed E-state index contributed by atoms with van der Waals surface area (Å²) in [5, 5.41) is 0. The molecular formula is C13H12FN3O2S2. The number of sulfonamides is 1.